The van der Waals surface area contributed by atoms with Crippen molar-refractivity contribution in [1.29, 1.82) is 0 Å². The molecule has 1 aliphatic heterocycles. The summed E-state index contributed by atoms with van der Waals surface area (Å²) in [6.07, 6.45) is 0. The number of benzene rings is 2. The molecule has 1 aliphatic rings. The first-order chi connectivity index (χ1) is 13.0. The van der Waals surface area contributed by atoms with E-state index in [0.29, 0.717) is 27.9 Å². The highest BCUT2D eigenvalue weighted by molar-refractivity contribution is 7.80. The third kappa shape index (κ3) is 3.55. The Hall–Kier alpha value is -2.80. The Balaban J connectivity index is 2.28. The van der Waals surface area contributed by atoms with Crippen LogP contribution in [0.3, 0.4) is 0 Å². The molecular weight excluding hydrogens is 364 g/mol. The number of hydrogen-bond donors (Lipinski definition) is 2. The molecule has 27 heavy (non-hydrogen) atoms. The van der Waals surface area contributed by atoms with E-state index >= 15 is 0 Å². The fraction of sp³-hybridized carbons (Fsp3) is 0.300. The van der Waals surface area contributed by atoms with Crippen LogP contribution in [0.15, 0.2) is 41.6 Å². The lowest BCUT2D eigenvalue weighted by Gasteiger charge is -2.31. The van der Waals surface area contributed by atoms with Crippen molar-refractivity contribution in [3.63, 3.8) is 0 Å². The van der Waals surface area contributed by atoms with Crippen molar-refractivity contribution >= 4 is 34.1 Å². The van der Waals surface area contributed by atoms with Gasteiger partial charge in [0, 0.05) is 11.3 Å². The Morgan fingerprint density at radius 3 is 2.59 bits per heavy atom. The van der Waals surface area contributed by atoms with E-state index < -0.39 is 12.0 Å². The maximum atomic E-state index is 12.7. The van der Waals surface area contributed by atoms with Gasteiger partial charge in [-0.2, -0.15) is 0 Å². The van der Waals surface area contributed by atoms with Crippen LogP contribution in [0.1, 0.15) is 25.5 Å². The van der Waals surface area contributed by atoms with E-state index in [-0.39, 0.29) is 6.61 Å². The van der Waals surface area contributed by atoms with Crippen LogP contribution >= 0.6 is 12.2 Å². The molecule has 0 saturated heterocycles. The number of allylic oxidation sites excluding steroid dienone is 1. The molecule has 2 N–H and O–H groups in total. The van der Waals surface area contributed by atoms with Gasteiger partial charge in [-0.25, -0.2) is 4.79 Å². The summed E-state index contributed by atoms with van der Waals surface area (Å²) in [5, 5.41) is 8.55. The van der Waals surface area contributed by atoms with Crippen molar-refractivity contribution in [1.82, 2.24) is 10.6 Å². The van der Waals surface area contributed by atoms with Gasteiger partial charge in [-0.15, -0.1) is 0 Å². The summed E-state index contributed by atoms with van der Waals surface area (Å²) >= 11 is 5.34. The zero-order chi connectivity index (χ0) is 19.6. The molecule has 7 heteroatoms. The standard InChI is InChI=1S/C20H22N2O4S/c1-5-26-19(23)16-11(2)21-20(27)22-18(16)17-14-10-13(24-3)8-6-12(14)7-9-15(17)25-4/h6-10,18H,5H2,1-4H3,(H2,21,22,27). The summed E-state index contributed by atoms with van der Waals surface area (Å²) in [5.41, 5.74) is 1.93. The molecule has 2 aromatic carbocycles. The third-order valence-corrected chi connectivity index (χ3v) is 4.72. The van der Waals surface area contributed by atoms with Gasteiger partial charge in [0.1, 0.15) is 11.5 Å². The number of fused-ring (bicyclic) bond motifs is 1. The van der Waals surface area contributed by atoms with Gasteiger partial charge in [0.05, 0.1) is 32.4 Å². The number of rotatable bonds is 5. The topological polar surface area (TPSA) is 68.8 Å². The van der Waals surface area contributed by atoms with Crippen molar-refractivity contribution in [2.24, 2.45) is 0 Å². The summed E-state index contributed by atoms with van der Waals surface area (Å²) in [7, 11) is 3.22. The van der Waals surface area contributed by atoms with Gasteiger partial charge in [-0.3, -0.25) is 0 Å². The van der Waals surface area contributed by atoms with E-state index in [1.54, 1.807) is 21.1 Å². The second-order valence-corrected chi connectivity index (χ2v) is 6.47. The highest BCUT2D eigenvalue weighted by atomic mass is 32.1. The van der Waals surface area contributed by atoms with Crippen molar-refractivity contribution in [3.05, 3.63) is 47.2 Å². The van der Waals surface area contributed by atoms with Gasteiger partial charge >= 0.3 is 5.97 Å². The van der Waals surface area contributed by atoms with Gasteiger partial charge in [-0.1, -0.05) is 12.1 Å². The summed E-state index contributed by atoms with van der Waals surface area (Å²) < 4.78 is 16.3. The normalized spacial score (nSPS) is 16.6. The quantitative estimate of drug-likeness (QED) is 0.604. The van der Waals surface area contributed by atoms with Crippen LogP contribution in [0, 0.1) is 0 Å². The number of thiocarbonyl (C=S) groups is 1. The number of methoxy groups -OCH3 is 2. The minimum atomic E-state index is -0.511. The lowest BCUT2D eigenvalue weighted by molar-refractivity contribution is -0.139. The van der Waals surface area contributed by atoms with E-state index in [9.17, 15) is 4.79 Å². The van der Waals surface area contributed by atoms with Crippen LogP contribution in [-0.4, -0.2) is 31.9 Å². The van der Waals surface area contributed by atoms with Gasteiger partial charge in [-0.05, 0) is 55.0 Å². The molecule has 0 aromatic heterocycles. The van der Waals surface area contributed by atoms with Crippen LogP contribution in [-0.2, 0) is 9.53 Å². The van der Waals surface area contributed by atoms with Crippen LogP contribution in [0.2, 0.25) is 0 Å². The molecule has 0 radical (unpaired) electrons. The zero-order valence-corrected chi connectivity index (χ0v) is 16.5. The first kappa shape index (κ1) is 19.0. The van der Waals surface area contributed by atoms with Crippen molar-refractivity contribution < 1.29 is 19.0 Å². The van der Waals surface area contributed by atoms with Crippen LogP contribution in [0.4, 0.5) is 0 Å². The minimum absolute atomic E-state index is 0.285. The van der Waals surface area contributed by atoms with Gasteiger partial charge in [0.25, 0.3) is 0 Å². The van der Waals surface area contributed by atoms with Crippen molar-refractivity contribution in [2.75, 3.05) is 20.8 Å². The molecular formula is C20H22N2O4S. The number of ether oxygens (including phenoxy) is 3. The second kappa shape index (κ2) is 7.84. The van der Waals surface area contributed by atoms with Crippen LogP contribution in [0.5, 0.6) is 11.5 Å². The van der Waals surface area contributed by atoms with Crippen LogP contribution in [0.25, 0.3) is 10.8 Å². The third-order valence-electron chi connectivity index (χ3n) is 4.50. The summed E-state index contributed by atoms with van der Waals surface area (Å²) in [4.78, 5) is 12.7. The fourth-order valence-electron chi connectivity index (χ4n) is 3.29. The maximum absolute atomic E-state index is 12.7. The molecule has 0 aliphatic carbocycles. The molecule has 0 bridgehead atoms. The Bertz CT molecular complexity index is 934. The van der Waals surface area contributed by atoms with Crippen molar-refractivity contribution in [3.8, 4) is 11.5 Å². The molecule has 0 amide bonds. The molecule has 3 rings (SSSR count). The van der Waals surface area contributed by atoms with E-state index in [1.165, 1.54) is 0 Å². The summed E-state index contributed by atoms with van der Waals surface area (Å²) in [6.45, 7) is 3.87. The molecule has 0 fully saturated rings. The predicted molar refractivity (Wildman–Crippen MR) is 108 cm³/mol. The average molecular weight is 386 g/mol. The first-order valence-corrected chi connectivity index (χ1v) is 9.01. The fourth-order valence-corrected chi connectivity index (χ4v) is 3.57. The Morgan fingerprint density at radius 1 is 1.19 bits per heavy atom. The molecule has 1 heterocycles. The van der Waals surface area contributed by atoms with Gasteiger partial charge < -0.3 is 24.8 Å². The van der Waals surface area contributed by atoms with Gasteiger partial charge in [0.15, 0.2) is 5.11 Å². The largest absolute Gasteiger partial charge is 0.497 e. The van der Waals surface area contributed by atoms with E-state index in [0.717, 1.165) is 16.3 Å². The Labute approximate surface area is 163 Å². The number of esters is 1. The number of carbonyl (C=O) groups excluding carboxylic acids is 1. The Morgan fingerprint density at radius 2 is 1.93 bits per heavy atom. The highest BCUT2D eigenvalue weighted by Crippen LogP contribution is 2.39. The monoisotopic (exact) mass is 386 g/mol. The molecule has 1 unspecified atom stereocenters. The number of nitrogens with one attached hydrogen (secondary N) is 2. The molecule has 2 aromatic rings. The number of hydrogen-bond acceptors (Lipinski definition) is 5. The Kier molecular flexibility index (Phi) is 5.51. The summed E-state index contributed by atoms with van der Waals surface area (Å²) in [5.74, 6) is 0.962. The number of carbonyl (C=O) groups is 1. The van der Waals surface area contributed by atoms with Crippen LogP contribution < -0.4 is 20.1 Å². The molecule has 0 saturated carbocycles. The van der Waals surface area contributed by atoms with E-state index in [1.807, 2.05) is 37.3 Å². The summed E-state index contributed by atoms with van der Waals surface area (Å²) in [6, 6.07) is 9.14. The smallest absolute Gasteiger partial charge is 0.338 e. The first-order valence-electron chi connectivity index (χ1n) is 8.60. The second-order valence-electron chi connectivity index (χ2n) is 6.06. The minimum Gasteiger partial charge on any atom is -0.497 e. The SMILES string of the molecule is CCOC(=O)C1=C(C)NC(=S)NC1c1c(OC)ccc2ccc(OC)cc12. The van der Waals surface area contributed by atoms with E-state index in [4.69, 9.17) is 26.4 Å². The van der Waals surface area contributed by atoms with Gasteiger partial charge in [0.2, 0.25) is 0 Å². The molecule has 1 atom stereocenters. The lowest BCUT2D eigenvalue weighted by Crippen LogP contribution is -2.45. The lowest BCUT2D eigenvalue weighted by atomic mass is 9.90. The molecule has 0 spiro atoms. The predicted octanol–water partition coefficient (Wildman–Crippen LogP) is 3.21. The highest BCUT2D eigenvalue weighted by Gasteiger charge is 2.33. The van der Waals surface area contributed by atoms with Crippen molar-refractivity contribution in [2.45, 2.75) is 19.9 Å². The van der Waals surface area contributed by atoms with E-state index in [2.05, 4.69) is 10.6 Å². The molecule has 142 valence electrons. The zero-order valence-electron chi connectivity index (χ0n) is 15.7. The molecule has 6 nitrogen and oxygen atoms in total. The average Bonchev–Trinajstić information content (AvgIpc) is 2.65. The maximum Gasteiger partial charge on any atom is 0.338 e.